The van der Waals surface area contributed by atoms with Crippen LogP contribution in [-0.2, 0) is 0 Å². The van der Waals surface area contributed by atoms with Crippen LogP contribution in [0.25, 0.3) is 0 Å². The van der Waals surface area contributed by atoms with Gasteiger partial charge in [-0.2, -0.15) is 0 Å². The fourth-order valence-corrected chi connectivity index (χ4v) is 2.65. The number of thioether (sulfide) groups is 1. The third-order valence-electron chi connectivity index (χ3n) is 2.61. The molecule has 0 radical (unpaired) electrons. The first-order valence-corrected chi connectivity index (χ1v) is 6.49. The average molecular weight is 227 g/mol. The number of hydrogen-bond acceptors (Lipinski definition) is 5. The largest absolute Gasteiger partial charge is 0.416 e. The molecular weight excluding hydrogens is 210 g/mol. The first-order valence-electron chi connectivity index (χ1n) is 5.51. The maximum atomic E-state index is 5.29. The van der Waals surface area contributed by atoms with Gasteiger partial charge in [-0.1, -0.05) is 18.2 Å². The summed E-state index contributed by atoms with van der Waals surface area (Å²) in [4.78, 5) is 0. The van der Waals surface area contributed by atoms with Crippen molar-refractivity contribution in [3.63, 3.8) is 0 Å². The van der Waals surface area contributed by atoms with Gasteiger partial charge in [0.2, 0.25) is 5.89 Å². The lowest BCUT2D eigenvalue weighted by atomic mass is 10.0. The number of aromatic nitrogens is 2. The van der Waals surface area contributed by atoms with E-state index in [-0.39, 0.29) is 0 Å². The zero-order valence-electron chi connectivity index (χ0n) is 9.03. The highest BCUT2D eigenvalue weighted by molar-refractivity contribution is 7.99. The third-order valence-corrected chi connectivity index (χ3v) is 3.46. The number of rotatable bonds is 4. The van der Waals surface area contributed by atoms with Gasteiger partial charge in [0.15, 0.2) is 0 Å². The van der Waals surface area contributed by atoms with Crippen molar-refractivity contribution >= 4 is 11.8 Å². The maximum absolute atomic E-state index is 5.29. The molecule has 0 bridgehead atoms. The highest BCUT2D eigenvalue weighted by Crippen LogP contribution is 2.19. The summed E-state index contributed by atoms with van der Waals surface area (Å²) >= 11 is 1.65. The van der Waals surface area contributed by atoms with Crippen molar-refractivity contribution in [2.24, 2.45) is 0 Å². The second-order valence-electron chi connectivity index (χ2n) is 3.87. The highest BCUT2D eigenvalue weighted by Gasteiger charge is 2.12. The Hall–Kier alpha value is -0.550. The first kappa shape index (κ1) is 11.0. The Bertz CT molecular complexity index is 297. The molecule has 0 saturated carbocycles. The third kappa shape index (κ3) is 3.50. The molecule has 1 aliphatic heterocycles. The number of nitrogens with one attached hydrogen (secondary N) is 1. The van der Waals surface area contributed by atoms with Gasteiger partial charge in [0, 0.05) is 18.7 Å². The molecule has 84 valence electrons. The van der Waals surface area contributed by atoms with Crippen molar-refractivity contribution in [2.75, 3.05) is 12.3 Å². The maximum Gasteiger partial charge on any atom is 0.276 e. The molecule has 1 N–H and O–H groups in total. The normalized spacial score (nSPS) is 21.8. The molecule has 1 atom stereocenters. The Balaban J connectivity index is 1.65. The van der Waals surface area contributed by atoms with Crippen molar-refractivity contribution < 1.29 is 4.42 Å². The molecule has 1 aromatic rings. The molecule has 2 heterocycles. The van der Waals surface area contributed by atoms with E-state index >= 15 is 0 Å². The molecule has 4 nitrogen and oxygen atoms in total. The Morgan fingerprint density at radius 2 is 2.40 bits per heavy atom. The number of hydrogen-bond donors (Lipinski definition) is 1. The smallest absolute Gasteiger partial charge is 0.276 e. The standard InChI is InChI=1S/C10H17N3OS/c1-8-12-13-10(14-8)15-7-5-9-4-2-3-6-11-9/h9,11H,2-7H2,1H3. The lowest BCUT2D eigenvalue weighted by Gasteiger charge is -2.22. The van der Waals surface area contributed by atoms with E-state index in [0.29, 0.717) is 17.2 Å². The van der Waals surface area contributed by atoms with Crippen LogP contribution in [0.15, 0.2) is 9.64 Å². The molecule has 0 aliphatic carbocycles. The summed E-state index contributed by atoms with van der Waals surface area (Å²) in [5.74, 6) is 1.70. The lowest BCUT2D eigenvalue weighted by Crippen LogP contribution is -2.34. The van der Waals surface area contributed by atoms with E-state index in [4.69, 9.17) is 4.42 Å². The van der Waals surface area contributed by atoms with E-state index in [2.05, 4.69) is 15.5 Å². The number of aryl methyl sites for hydroxylation is 1. The van der Waals surface area contributed by atoms with Crippen molar-refractivity contribution in [3.05, 3.63) is 5.89 Å². The van der Waals surface area contributed by atoms with E-state index in [1.54, 1.807) is 11.8 Å². The lowest BCUT2D eigenvalue weighted by molar-refractivity contribution is 0.393. The van der Waals surface area contributed by atoms with Gasteiger partial charge >= 0.3 is 0 Å². The van der Waals surface area contributed by atoms with Gasteiger partial charge in [0.25, 0.3) is 5.22 Å². The van der Waals surface area contributed by atoms with Crippen molar-refractivity contribution in [1.82, 2.24) is 15.5 Å². The van der Waals surface area contributed by atoms with Crippen LogP contribution in [0.1, 0.15) is 31.6 Å². The highest BCUT2D eigenvalue weighted by atomic mass is 32.2. The van der Waals surface area contributed by atoms with Gasteiger partial charge in [0.05, 0.1) is 0 Å². The molecule has 1 fully saturated rings. The van der Waals surface area contributed by atoms with E-state index in [9.17, 15) is 0 Å². The summed E-state index contributed by atoms with van der Waals surface area (Å²) in [5, 5.41) is 12.0. The summed E-state index contributed by atoms with van der Waals surface area (Å²) in [6.45, 7) is 2.99. The van der Waals surface area contributed by atoms with Gasteiger partial charge in [-0.15, -0.1) is 10.2 Å². The van der Waals surface area contributed by atoms with Gasteiger partial charge in [-0.3, -0.25) is 0 Å². The Kier molecular flexibility index (Phi) is 4.02. The van der Waals surface area contributed by atoms with Crippen LogP contribution in [-0.4, -0.2) is 28.5 Å². The van der Waals surface area contributed by atoms with Crippen molar-refractivity contribution in [1.29, 1.82) is 0 Å². The fourth-order valence-electron chi connectivity index (χ4n) is 1.80. The minimum absolute atomic E-state index is 0.647. The van der Waals surface area contributed by atoms with Gasteiger partial charge in [-0.05, 0) is 25.8 Å². The first-order chi connectivity index (χ1) is 7.34. The molecule has 1 unspecified atom stereocenters. The fraction of sp³-hybridized carbons (Fsp3) is 0.800. The molecule has 2 rings (SSSR count). The summed E-state index contributed by atoms with van der Waals surface area (Å²) < 4.78 is 5.29. The summed E-state index contributed by atoms with van der Waals surface area (Å²) in [5.41, 5.74) is 0. The minimum Gasteiger partial charge on any atom is -0.416 e. The van der Waals surface area contributed by atoms with Crippen LogP contribution in [0.4, 0.5) is 0 Å². The predicted molar refractivity (Wildman–Crippen MR) is 60.0 cm³/mol. The quantitative estimate of drug-likeness (QED) is 0.797. The Labute approximate surface area is 94.2 Å². The van der Waals surface area contributed by atoms with Crippen molar-refractivity contribution in [2.45, 2.75) is 43.9 Å². The molecule has 0 aromatic carbocycles. The molecule has 0 amide bonds. The molecule has 1 saturated heterocycles. The van der Waals surface area contributed by atoms with Crippen LogP contribution in [0.2, 0.25) is 0 Å². The molecule has 1 aliphatic rings. The average Bonchev–Trinajstić information content (AvgIpc) is 2.66. The summed E-state index contributed by atoms with van der Waals surface area (Å²) in [6, 6.07) is 0.690. The Morgan fingerprint density at radius 1 is 1.47 bits per heavy atom. The summed E-state index contributed by atoms with van der Waals surface area (Å²) in [6.07, 6.45) is 5.18. The zero-order valence-corrected chi connectivity index (χ0v) is 9.85. The topological polar surface area (TPSA) is 51.0 Å². The zero-order chi connectivity index (χ0) is 10.5. The number of piperidine rings is 1. The number of nitrogens with zero attached hydrogens (tertiary/aromatic N) is 2. The monoisotopic (exact) mass is 227 g/mol. The molecular formula is C10H17N3OS. The van der Waals surface area contributed by atoms with Crippen LogP contribution >= 0.6 is 11.8 Å². The van der Waals surface area contributed by atoms with Gasteiger partial charge < -0.3 is 9.73 Å². The van der Waals surface area contributed by atoms with Crippen LogP contribution in [0.3, 0.4) is 0 Å². The van der Waals surface area contributed by atoms with Gasteiger partial charge in [-0.25, -0.2) is 0 Å². The molecule has 5 heteroatoms. The minimum atomic E-state index is 0.647. The van der Waals surface area contributed by atoms with Crippen LogP contribution < -0.4 is 5.32 Å². The van der Waals surface area contributed by atoms with Crippen molar-refractivity contribution in [3.8, 4) is 0 Å². The molecule has 0 spiro atoms. The van der Waals surface area contributed by atoms with E-state index in [1.165, 1.54) is 32.2 Å². The van der Waals surface area contributed by atoms with E-state index in [0.717, 1.165) is 5.75 Å². The van der Waals surface area contributed by atoms with E-state index < -0.39 is 0 Å². The summed E-state index contributed by atoms with van der Waals surface area (Å²) in [7, 11) is 0. The SMILES string of the molecule is Cc1nnc(SCCC2CCCCN2)o1. The second-order valence-corrected chi connectivity index (χ2v) is 4.92. The van der Waals surface area contributed by atoms with E-state index in [1.807, 2.05) is 6.92 Å². The van der Waals surface area contributed by atoms with Gasteiger partial charge in [0.1, 0.15) is 0 Å². The molecule has 1 aromatic heterocycles. The van der Waals surface area contributed by atoms with Crippen LogP contribution in [0, 0.1) is 6.92 Å². The second kappa shape index (κ2) is 5.51. The van der Waals surface area contributed by atoms with Crippen LogP contribution in [0.5, 0.6) is 0 Å². The molecule has 15 heavy (non-hydrogen) atoms. The predicted octanol–water partition coefficient (Wildman–Crippen LogP) is 2.00. The Morgan fingerprint density at radius 3 is 3.07 bits per heavy atom.